The third kappa shape index (κ3) is 5.23. The van der Waals surface area contributed by atoms with Crippen LogP contribution in [0.4, 0.5) is 5.82 Å². The Kier molecular flexibility index (Phi) is 7.05. The third-order valence-corrected chi connectivity index (χ3v) is 7.57. The van der Waals surface area contributed by atoms with E-state index in [0.29, 0.717) is 38.2 Å². The molecular formula is C23H28N6O3S. The molecule has 1 amide bonds. The number of carbonyl (C=O) groups is 1. The van der Waals surface area contributed by atoms with E-state index in [1.807, 2.05) is 55.5 Å². The molecule has 1 fully saturated rings. The molecule has 0 atom stereocenters. The van der Waals surface area contributed by atoms with E-state index < -0.39 is 10.0 Å². The van der Waals surface area contributed by atoms with Crippen LogP contribution in [0.2, 0.25) is 0 Å². The van der Waals surface area contributed by atoms with Crippen molar-refractivity contribution in [2.75, 3.05) is 43.4 Å². The zero-order valence-electron chi connectivity index (χ0n) is 18.6. The Morgan fingerprint density at radius 2 is 1.76 bits per heavy atom. The van der Waals surface area contributed by atoms with E-state index in [1.165, 1.54) is 10.5 Å². The Morgan fingerprint density at radius 1 is 1.03 bits per heavy atom. The highest BCUT2D eigenvalue weighted by atomic mass is 32.2. The zero-order valence-corrected chi connectivity index (χ0v) is 19.4. The van der Waals surface area contributed by atoms with Crippen molar-refractivity contribution in [3.63, 3.8) is 0 Å². The maximum Gasteiger partial charge on any atom is 0.254 e. The van der Waals surface area contributed by atoms with Gasteiger partial charge in [-0.15, -0.1) is 0 Å². The van der Waals surface area contributed by atoms with Crippen LogP contribution in [0.5, 0.6) is 0 Å². The van der Waals surface area contributed by atoms with E-state index in [4.69, 9.17) is 0 Å². The van der Waals surface area contributed by atoms with Crippen LogP contribution in [0.1, 0.15) is 23.0 Å². The summed E-state index contributed by atoms with van der Waals surface area (Å²) in [5.41, 5.74) is 2.12. The molecule has 1 aliphatic rings. The number of hydrogen-bond donors (Lipinski definition) is 1. The number of para-hydroxylation sites is 1. The first-order valence-electron chi connectivity index (χ1n) is 11.0. The van der Waals surface area contributed by atoms with Gasteiger partial charge < -0.3 is 10.2 Å². The highest BCUT2D eigenvalue weighted by Crippen LogP contribution is 2.17. The molecule has 3 heterocycles. The Labute approximate surface area is 194 Å². The van der Waals surface area contributed by atoms with Crippen molar-refractivity contribution in [3.05, 3.63) is 72.2 Å². The van der Waals surface area contributed by atoms with Crippen molar-refractivity contribution in [2.24, 2.45) is 0 Å². The van der Waals surface area contributed by atoms with Gasteiger partial charge in [-0.3, -0.25) is 4.79 Å². The fraction of sp³-hybridized carbons (Fsp3) is 0.348. The number of anilines is 1. The van der Waals surface area contributed by atoms with E-state index in [2.05, 4.69) is 20.3 Å². The third-order valence-electron chi connectivity index (χ3n) is 5.70. The number of pyridine rings is 1. The van der Waals surface area contributed by atoms with Crippen LogP contribution < -0.4 is 10.2 Å². The number of nitrogens with one attached hydrogen (secondary N) is 1. The van der Waals surface area contributed by atoms with Crippen molar-refractivity contribution in [3.8, 4) is 5.69 Å². The standard InChI is InChI=1S/C23H28N6O3S/c1-2-21-20(18-26-29(21)19-8-4-3-5-9-19)23(30)25-12-17-33(31,32)28-15-13-27(14-16-28)22-10-6-7-11-24-22/h3-11,18H,2,12-17H2,1H3,(H,25,30). The van der Waals surface area contributed by atoms with Gasteiger partial charge >= 0.3 is 0 Å². The molecule has 0 unspecified atom stereocenters. The SMILES string of the molecule is CCc1c(C(=O)NCCS(=O)(=O)N2CCN(c3ccccn3)CC2)cnn1-c1ccccc1. The fourth-order valence-electron chi connectivity index (χ4n) is 3.95. The van der Waals surface area contributed by atoms with Gasteiger partial charge in [-0.2, -0.15) is 9.40 Å². The molecule has 4 rings (SSSR count). The zero-order chi connectivity index (χ0) is 23.3. The summed E-state index contributed by atoms with van der Waals surface area (Å²) < 4.78 is 28.8. The van der Waals surface area contributed by atoms with Crippen LogP contribution in [-0.4, -0.2) is 71.9 Å². The van der Waals surface area contributed by atoms with Crippen LogP contribution in [0.3, 0.4) is 0 Å². The average molecular weight is 469 g/mol. The molecule has 9 nitrogen and oxygen atoms in total. The van der Waals surface area contributed by atoms with Crippen molar-refractivity contribution < 1.29 is 13.2 Å². The molecule has 3 aromatic rings. The van der Waals surface area contributed by atoms with Gasteiger partial charge in [-0.25, -0.2) is 18.1 Å². The molecule has 1 aliphatic heterocycles. The summed E-state index contributed by atoms with van der Waals surface area (Å²) >= 11 is 0. The summed E-state index contributed by atoms with van der Waals surface area (Å²) in [5, 5.41) is 7.11. The first kappa shape index (κ1) is 22.9. The molecular weight excluding hydrogens is 440 g/mol. The quantitative estimate of drug-likeness (QED) is 0.540. The van der Waals surface area contributed by atoms with Crippen LogP contribution in [-0.2, 0) is 16.4 Å². The number of amides is 1. The smallest absolute Gasteiger partial charge is 0.254 e. The Morgan fingerprint density at radius 3 is 2.42 bits per heavy atom. The van der Waals surface area contributed by atoms with Gasteiger partial charge in [0.15, 0.2) is 0 Å². The average Bonchev–Trinajstić information content (AvgIpc) is 3.29. The van der Waals surface area contributed by atoms with Gasteiger partial charge in [0, 0.05) is 38.9 Å². The number of nitrogens with zero attached hydrogens (tertiary/aromatic N) is 5. The van der Waals surface area contributed by atoms with Crippen LogP contribution in [0, 0.1) is 0 Å². The van der Waals surface area contributed by atoms with Crippen LogP contribution in [0.15, 0.2) is 60.9 Å². The summed E-state index contributed by atoms with van der Waals surface area (Å²) in [5.74, 6) is 0.394. The first-order chi connectivity index (χ1) is 16.0. The molecule has 10 heteroatoms. The minimum atomic E-state index is -3.47. The van der Waals surface area contributed by atoms with E-state index in [-0.39, 0.29) is 18.2 Å². The molecule has 1 aromatic carbocycles. The van der Waals surface area contributed by atoms with Crippen LogP contribution >= 0.6 is 0 Å². The second-order valence-corrected chi connectivity index (χ2v) is 9.84. The largest absolute Gasteiger partial charge is 0.354 e. The van der Waals surface area contributed by atoms with Gasteiger partial charge in [-0.05, 0) is 30.7 Å². The molecule has 0 bridgehead atoms. The van der Waals surface area contributed by atoms with Crippen molar-refractivity contribution in [2.45, 2.75) is 13.3 Å². The Hall–Kier alpha value is -3.24. The topological polar surface area (TPSA) is 100 Å². The lowest BCUT2D eigenvalue weighted by atomic mass is 10.2. The molecule has 0 aliphatic carbocycles. The number of carbonyl (C=O) groups excluding carboxylic acids is 1. The van der Waals surface area contributed by atoms with Gasteiger partial charge in [0.1, 0.15) is 5.82 Å². The number of hydrogen-bond acceptors (Lipinski definition) is 6. The van der Waals surface area contributed by atoms with Crippen LogP contribution in [0.25, 0.3) is 5.69 Å². The van der Waals surface area contributed by atoms with Gasteiger partial charge in [0.2, 0.25) is 10.0 Å². The van der Waals surface area contributed by atoms with E-state index in [0.717, 1.165) is 17.2 Å². The Balaban J connectivity index is 1.32. The summed E-state index contributed by atoms with van der Waals surface area (Å²) in [6.07, 6.45) is 3.89. The Bertz CT molecular complexity index is 1170. The highest BCUT2D eigenvalue weighted by molar-refractivity contribution is 7.89. The van der Waals surface area contributed by atoms with Gasteiger partial charge in [-0.1, -0.05) is 31.2 Å². The minimum absolute atomic E-state index is 0.0429. The lowest BCUT2D eigenvalue weighted by Crippen LogP contribution is -2.50. The summed E-state index contributed by atoms with van der Waals surface area (Å²) in [7, 11) is -3.47. The summed E-state index contributed by atoms with van der Waals surface area (Å²) in [6, 6.07) is 15.3. The molecule has 1 N–H and O–H groups in total. The molecule has 33 heavy (non-hydrogen) atoms. The number of aromatic nitrogens is 3. The molecule has 1 saturated heterocycles. The predicted octanol–water partition coefficient (Wildman–Crippen LogP) is 1.71. The van der Waals surface area contributed by atoms with E-state index in [9.17, 15) is 13.2 Å². The first-order valence-corrected chi connectivity index (χ1v) is 12.6. The number of rotatable bonds is 8. The second-order valence-electron chi connectivity index (χ2n) is 7.75. The molecule has 2 aromatic heterocycles. The van der Waals surface area contributed by atoms with Crippen molar-refractivity contribution in [1.29, 1.82) is 0 Å². The maximum atomic E-state index is 12.8. The monoisotopic (exact) mass is 468 g/mol. The highest BCUT2D eigenvalue weighted by Gasteiger charge is 2.27. The normalized spacial score (nSPS) is 14.9. The molecule has 0 radical (unpaired) electrons. The fourth-order valence-corrected chi connectivity index (χ4v) is 5.29. The minimum Gasteiger partial charge on any atom is -0.354 e. The lowest BCUT2D eigenvalue weighted by Gasteiger charge is -2.34. The number of piperazine rings is 1. The summed E-state index contributed by atoms with van der Waals surface area (Å²) in [4.78, 5) is 19.1. The molecule has 0 saturated carbocycles. The summed E-state index contributed by atoms with van der Waals surface area (Å²) in [6.45, 7) is 3.97. The molecule has 174 valence electrons. The molecule has 0 spiro atoms. The lowest BCUT2D eigenvalue weighted by molar-refractivity contribution is 0.0955. The van der Waals surface area contributed by atoms with Gasteiger partial charge in [0.05, 0.1) is 28.9 Å². The predicted molar refractivity (Wildman–Crippen MR) is 127 cm³/mol. The van der Waals surface area contributed by atoms with E-state index >= 15 is 0 Å². The van der Waals surface area contributed by atoms with Gasteiger partial charge in [0.25, 0.3) is 5.91 Å². The number of sulfonamides is 1. The van der Waals surface area contributed by atoms with Crippen molar-refractivity contribution in [1.82, 2.24) is 24.4 Å². The van der Waals surface area contributed by atoms with E-state index in [1.54, 1.807) is 10.9 Å². The maximum absolute atomic E-state index is 12.8. The second kappa shape index (κ2) is 10.1. The van der Waals surface area contributed by atoms with Crippen molar-refractivity contribution >= 4 is 21.7 Å². The number of benzene rings is 1.